The first-order valence-corrected chi connectivity index (χ1v) is 7.08. The van der Waals surface area contributed by atoms with E-state index in [9.17, 15) is 14.4 Å². The lowest BCUT2D eigenvalue weighted by molar-refractivity contribution is -0.142. The smallest absolute Gasteiger partial charge is 0.410 e. The summed E-state index contributed by atoms with van der Waals surface area (Å²) in [6.07, 6.45) is 0.169. The van der Waals surface area contributed by atoms with E-state index in [1.54, 1.807) is 0 Å². The van der Waals surface area contributed by atoms with Crippen molar-refractivity contribution in [2.24, 2.45) is 11.1 Å². The zero-order valence-electron chi connectivity index (χ0n) is 12.3. The summed E-state index contributed by atoms with van der Waals surface area (Å²) in [5.41, 5.74) is 2.64. The molecule has 0 aromatic carbocycles. The highest BCUT2D eigenvalue weighted by molar-refractivity contribution is 6.06. The van der Waals surface area contributed by atoms with Crippen LogP contribution < -0.4 is 5.73 Å². The van der Waals surface area contributed by atoms with Crippen LogP contribution in [0.5, 0.6) is 0 Å². The summed E-state index contributed by atoms with van der Waals surface area (Å²) in [6, 6.07) is 0. The fraction of sp³-hybridized carbons (Fsp3) is 0.600. The van der Waals surface area contributed by atoms with Crippen molar-refractivity contribution in [3.63, 3.8) is 0 Å². The number of hydrogen-bond acceptors (Lipinski definition) is 5. The van der Waals surface area contributed by atoms with Gasteiger partial charge in [-0.1, -0.05) is 0 Å². The van der Waals surface area contributed by atoms with Gasteiger partial charge in [-0.05, 0) is 12.8 Å². The molecule has 0 aromatic heterocycles. The van der Waals surface area contributed by atoms with Gasteiger partial charge in [0.15, 0.2) is 0 Å². The molecule has 0 atom stereocenters. The largest absolute Gasteiger partial charge is 0.442 e. The molecule has 22 heavy (non-hydrogen) atoms. The van der Waals surface area contributed by atoms with Gasteiger partial charge >= 0.3 is 6.09 Å². The van der Waals surface area contributed by atoms with Crippen molar-refractivity contribution < 1.29 is 19.1 Å². The van der Waals surface area contributed by atoms with Crippen molar-refractivity contribution >= 4 is 17.9 Å². The molecule has 7 heteroatoms. The molecular formula is C15H19N3O4. The van der Waals surface area contributed by atoms with Crippen LogP contribution in [-0.4, -0.2) is 59.5 Å². The molecule has 2 aliphatic rings. The second kappa shape index (κ2) is 5.87. The molecule has 2 fully saturated rings. The maximum Gasteiger partial charge on any atom is 0.410 e. The molecular weight excluding hydrogens is 286 g/mol. The fourth-order valence-electron chi connectivity index (χ4n) is 2.94. The molecule has 0 unspecified atom stereocenters. The van der Waals surface area contributed by atoms with E-state index in [1.165, 1.54) is 9.80 Å². The van der Waals surface area contributed by atoms with Crippen LogP contribution >= 0.6 is 0 Å². The van der Waals surface area contributed by atoms with Gasteiger partial charge in [-0.25, -0.2) is 4.79 Å². The molecule has 2 N–H and O–H groups in total. The monoisotopic (exact) mass is 305 g/mol. The van der Waals surface area contributed by atoms with Gasteiger partial charge in [0.1, 0.15) is 5.60 Å². The van der Waals surface area contributed by atoms with Gasteiger partial charge in [-0.2, -0.15) is 0 Å². The number of piperidine rings is 1. The van der Waals surface area contributed by atoms with E-state index in [2.05, 4.69) is 4.74 Å². The highest BCUT2D eigenvalue weighted by atomic mass is 16.6. The average molecular weight is 305 g/mol. The zero-order valence-corrected chi connectivity index (χ0v) is 12.3. The standard InChI is InChI=1S/C15H19N3O4/c1-14(2,3)22-13(21)17-7-4-15(5-8-17)10-11(19)18(9-6-16)12(15)20/h1-3H,4-10,16H2. The van der Waals surface area contributed by atoms with E-state index >= 15 is 0 Å². The van der Waals surface area contributed by atoms with Crippen molar-refractivity contribution in [1.29, 1.82) is 0 Å². The van der Waals surface area contributed by atoms with Gasteiger partial charge in [0, 0.05) is 53.4 Å². The van der Waals surface area contributed by atoms with Crippen LogP contribution in [0.3, 0.4) is 0 Å². The SMILES string of the molecule is [CH]C([CH])([CH])OC(=O)N1CCC2(CC1)CC(=O)N(CCN)C2=O. The van der Waals surface area contributed by atoms with Gasteiger partial charge in [-0.15, -0.1) is 0 Å². The minimum absolute atomic E-state index is 0.156. The van der Waals surface area contributed by atoms with Gasteiger partial charge < -0.3 is 15.4 Å². The molecule has 0 saturated carbocycles. The predicted octanol–water partition coefficient (Wildman–Crippen LogP) is -0.205. The number of nitrogens with zero attached hydrogens (tertiary/aromatic N) is 2. The van der Waals surface area contributed by atoms with Crippen LogP contribution in [0, 0.1) is 26.2 Å². The summed E-state index contributed by atoms with van der Waals surface area (Å²) in [6.45, 7) is 16.7. The maximum absolute atomic E-state index is 12.4. The first kappa shape index (κ1) is 16.7. The maximum atomic E-state index is 12.4. The fourth-order valence-corrected chi connectivity index (χ4v) is 2.94. The van der Waals surface area contributed by atoms with E-state index in [0.29, 0.717) is 12.8 Å². The molecule has 7 nitrogen and oxygen atoms in total. The third kappa shape index (κ3) is 3.24. The van der Waals surface area contributed by atoms with Gasteiger partial charge in [0.25, 0.3) is 0 Å². The molecule has 0 bridgehead atoms. The quantitative estimate of drug-likeness (QED) is 0.729. The highest BCUT2D eigenvalue weighted by Crippen LogP contribution is 2.42. The predicted molar refractivity (Wildman–Crippen MR) is 75.7 cm³/mol. The summed E-state index contributed by atoms with van der Waals surface area (Å²) < 4.78 is 4.68. The molecule has 2 rings (SSSR count). The molecule has 3 amide bonds. The van der Waals surface area contributed by atoms with E-state index in [-0.39, 0.29) is 44.4 Å². The topological polar surface area (TPSA) is 92.9 Å². The summed E-state index contributed by atoms with van der Waals surface area (Å²) in [5.74, 6) is -0.418. The van der Waals surface area contributed by atoms with Gasteiger partial charge in [-0.3, -0.25) is 14.5 Å². The molecule has 0 aliphatic carbocycles. The molecule has 6 radical (unpaired) electrons. The zero-order chi connectivity index (χ0) is 16.5. The number of rotatable bonds is 3. The Morgan fingerprint density at radius 1 is 1.27 bits per heavy atom. The first-order chi connectivity index (χ1) is 10.2. The summed E-state index contributed by atoms with van der Waals surface area (Å²) in [5, 5.41) is 0. The number of ether oxygens (including phenoxy) is 1. The number of nitrogens with two attached hydrogens (primary N) is 1. The van der Waals surface area contributed by atoms with E-state index in [0.717, 1.165) is 0 Å². The Morgan fingerprint density at radius 3 is 2.36 bits per heavy atom. The lowest BCUT2D eigenvalue weighted by Gasteiger charge is -2.37. The molecule has 2 saturated heterocycles. The average Bonchev–Trinajstić information content (AvgIpc) is 2.63. The number of carbonyl (C=O) groups is 3. The minimum Gasteiger partial charge on any atom is -0.442 e. The van der Waals surface area contributed by atoms with Crippen LogP contribution in [0.4, 0.5) is 4.79 Å². The Bertz CT molecular complexity index is 476. The Hall–Kier alpha value is -1.63. The lowest BCUT2D eigenvalue weighted by Crippen LogP contribution is -2.48. The lowest BCUT2D eigenvalue weighted by atomic mass is 9.77. The van der Waals surface area contributed by atoms with Crippen molar-refractivity contribution in [1.82, 2.24) is 9.80 Å². The van der Waals surface area contributed by atoms with Crippen molar-refractivity contribution in [3.05, 3.63) is 20.8 Å². The van der Waals surface area contributed by atoms with Gasteiger partial charge in [0.05, 0.1) is 5.41 Å². The number of likely N-dealkylation sites (tertiary alicyclic amines) is 2. The summed E-state index contributed by atoms with van der Waals surface area (Å²) in [7, 11) is 0. The number of imide groups is 1. The Morgan fingerprint density at radius 2 is 1.86 bits per heavy atom. The van der Waals surface area contributed by atoms with E-state index < -0.39 is 17.1 Å². The van der Waals surface area contributed by atoms with Crippen molar-refractivity contribution in [2.45, 2.75) is 24.9 Å². The molecule has 1 spiro atoms. The Balaban J connectivity index is 1.99. The van der Waals surface area contributed by atoms with Crippen LogP contribution in [0.25, 0.3) is 0 Å². The van der Waals surface area contributed by atoms with Crippen LogP contribution in [0.1, 0.15) is 19.3 Å². The summed E-state index contributed by atoms with van der Waals surface area (Å²) in [4.78, 5) is 38.8. The highest BCUT2D eigenvalue weighted by Gasteiger charge is 2.52. The van der Waals surface area contributed by atoms with Crippen LogP contribution in [-0.2, 0) is 14.3 Å². The molecule has 0 aromatic rings. The molecule has 118 valence electrons. The third-order valence-corrected chi connectivity index (χ3v) is 4.09. The number of hydrogen-bond donors (Lipinski definition) is 1. The summed E-state index contributed by atoms with van der Waals surface area (Å²) >= 11 is 0. The van der Waals surface area contributed by atoms with Crippen LogP contribution in [0.15, 0.2) is 0 Å². The van der Waals surface area contributed by atoms with Gasteiger partial charge in [0.2, 0.25) is 11.8 Å². The molecule has 2 aliphatic heterocycles. The van der Waals surface area contributed by atoms with E-state index in [1.807, 2.05) is 0 Å². The number of amides is 3. The molecule has 2 heterocycles. The second-order valence-corrected chi connectivity index (χ2v) is 5.80. The van der Waals surface area contributed by atoms with Crippen molar-refractivity contribution in [3.8, 4) is 0 Å². The van der Waals surface area contributed by atoms with Crippen LogP contribution in [0.2, 0.25) is 0 Å². The van der Waals surface area contributed by atoms with Crippen molar-refractivity contribution in [2.75, 3.05) is 26.2 Å². The Labute approximate surface area is 130 Å². The normalized spacial score (nSPS) is 21.6. The minimum atomic E-state index is -2.04. The first-order valence-electron chi connectivity index (χ1n) is 7.08. The number of carbonyl (C=O) groups excluding carboxylic acids is 3. The van der Waals surface area contributed by atoms with E-state index in [4.69, 9.17) is 26.5 Å². The Kier molecular flexibility index (Phi) is 4.47. The third-order valence-electron chi connectivity index (χ3n) is 4.09. The second-order valence-electron chi connectivity index (χ2n) is 5.80.